The molecule has 0 saturated carbocycles. The Morgan fingerprint density at radius 2 is 1.34 bits per heavy atom. The molecular formula is C32H32O2S4. The summed E-state index contributed by atoms with van der Waals surface area (Å²) in [6.45, 7) is 2.26. The molecule has 0 aliphatic heterocycles. The van der Waals surface area contributed by atoms with Crippen molar-refractivity contribution in [3.05, 3.63) is 90.1 Å². The summed E-state index contributed by atoms with van der Waals surface area (Å²) >= 11 is 7.00. The van der Waals surface area contributed by atoms with E-state index >= 15 is 0 Å². The Kier molecular flexibility index (Phi) is 9.39. The number of benzene rings is 1. The topological polar surface area (TPSA) is 34.1 Å². The van der Waals surface area contributed by atoms with Gasteiger partial charge in [-0.2, -0.15) is 0 Å². The third kappa shape index (κ3) is 6.60. The Morgan fingerprint density at radius 3 is 2.03 bits per heavy atom. The summed E-state index contributed by atoms with van der Waals surface area (Å²) in [5, 5.41) is 1.98. The van der Waals surface area contributed by atoms with Gasteiger partial charge < -0.3 is 0 Å². The van der Waals surface area contributed by atoms with Crippen LogP contribution in [0.3, 0.4) is 0 Å². The number of unbranched alkanes of at least 4 members (excludes halogenated alkanes) is 5. The number of fused-ring (bicyclic) bond motifs is 1. The van der Waals surface area contributed by atoms with E-state index in [1.54, 1.807) is 34.0 Å². The second-order valence-corrected chi connectivity index (χ2v) is 14.2. The van der Waals surface area contributed by atoms with Crippen LogP contribution in [0.5, 0.6) is 0 Å². The smallest absolute Gasteiger partial charge is 0.151 e. The molecule has 38 heavy (non-hydrogen) atoms. The maximum Gasteiger partial charge on any atom is 0.151 e. The predicted octanol–water partition coefficient (Wildman–Crippen LogP) is 10.5. The summed E-state index contributed by atoms with van der Waals surface area (Å²) in [7, 11) is 0. The van der Waals surface area contributed by atoms with E-state index in [0.29, 0.717) is 0 Å². The lowest BCUT2D eigenvalue weighted by atomic mass is 10.0. The minimum absolute atomic E-state index is 0.788. The highest BCUT2D eigenvalue weighted by Crippen LogP contribution is 2.38. The molecule has 0 fully saturated rings. The molecular weight excluding hydrogens is 545 g/mol. The lowest BCUT2D eigenvalue weighted by Gasteiger charge is -2.04. The molecule has 0 radical (unpaired) electrons. The van der Waals surface area contributed by atoms with Crippen LogP contribution in [0, 0.1) is 0 Å². The highest BCUT2D eigenvalue weighted by atomic mass is 32.1. The van der Waals surface area contributed by atoms with E-state index in [4.69, 9.17) is 0 Å². The van der Waals surface area contributed by atoms with E-state index in [1.807, 2.05) is 22.8 Å². The van der Waals surface area contributed by atoms with E-state index in [-0.39, 0.29) is 0 Å². The summed E-state index contributed by atoms with van der Waals surface area (Å²) in [6, 6.07) is 17.4. The molecule has 0 bridgehead atoms. The molecule has 1 aromatic carbocycles. The Bertz CT molecular complexity index is 1460. The largest absolute Gasteiger partial charge is 0.298 e. The van der Waals surface area contributed by atoms with Crippen LogP contribution in [0.25, 0.3) is 19.8 Å². The number of rotatable bonds is 14. The summed E-state index contributed by atoms with van der Waals surface area (Å²) in [6.07, 6.45) is 12.6. The first-order chi connectivity index (χ1) is 18.7. The number of carbonyl (C=O) groups excluding carboxylic acids is 2. The van der Waals surface area contributed by atoms with Crippen LogP contribution in [-0.2, 0) is 19.3 Å². The van der Waals surface area contributed by atoms with Crippen LogP contribution >= 0.6 is 45.3 Å². The Labute approximate surface area is 241 Å². The lowest BCUT2D eigenvalue weighted by Crippen LogP contribution is -1.86. The average Bonchev–Trinajstić information content (AvgIpc) is 3.71. The van der Waals surface area contributed by atoms with Gasteiger partial charge in [0.25, 0.3) is 0 Å². The molecule has 0 saturated heterocycles. The van der Waals surface area contributed by atoms with E-state index < -0.39 is 0 Å². The fourth-order valence-corrected chi connectivity index (χ4v) is 9.48. The van der Waals surface area contributed by atoms with Gasteiger partial charge in [0.1, 0.15) is 0 Å². The number of aldehydes is 2. The number of thiophene rings is 4. The van der Waals surface area contributed by atoms with Gasteiger partial charge >= 0.3 is 0 Å². The zero-order chi connectivity index (χ0) is 26.3. The quantitative estimate of drug-likeness (QED) is 0.0973. The van der Waals surface area contributed by atoms with Gasteiger partial charge in [0, 0.05) is 57.8 Å². The molecule has 0 N–H and O–H groups in total. The average molecular weight is 577 g/mol. The fraction of sp³-hybridized carbons (Fsp3) is 0.312. The van der Waals surface area contributed by atoms with Crippen LogP contribution in [0.4, 0.5) is 0 Å². The second kappa shape index (κ2) is 13.1. The SMILES string of the molecule is CCCCCCCCc1ccc(-c2cc(C=O)c(Cc3cc4sc(Cc5sccc5C=O)cc4s3)s2)cc1. The zero-order valence-electron chi connectivity index (χ0n) is 21.7. The Balaban J connectivity index is 1.23. The van der Waals surface area contributed by atoms with E-state index in [0.717, 1.165) is 57.6 Å². The summed E-state index contributed by atoms with van der Waals surface area (Å²) < 4.78 is 2.57. The number of aryl methyl sites for hydroxylation is 1. The standard InChI is InChI=1S/C32H32O2S4/c1-2-3-4-5-6-7-8-22-9-11-23(12-10-22)29-15-25(21-34)30(38-29)17-27-19-32-31(37-27)18-26(36-32)16-28-24(20-33)13-14-35-28/h9-15,18-21H,2-8,16-17H2,1H3. The van der Waals surface area contributed by atoms with Crippen molar-refractivity contribution in [1.29, 1.82) is 0 Å². The molecule has 4 heterocycles. The first kappa shape index (κ1) is 27.2. The van der Waals surface area contributed by atoms with Gasteiger partial charge in [0.05, 0.1) is 0 Å². The van der Waals surface area contributed by atoms with E-state index in [9.17, 15) is 9.59 Å². The van der Waals surface area contributed by atoms with Crippen molar-refractivity contribution < 1.29 is 9.59 Å². The van der Waals surface area contributed by atoms with Gasteiger partial charge in [-0.05, 0) is 53.6 Å². The molecule has 4 aromatic heterocycles. The summed E-state index contributed by atoms with van der Waals surface area (Å²) in [5.41, 5.74) is 4.19. The van der Waals surface area contributed by atoms with Crippen LogP contribution in [0.15, 0.2) is 53.9 Å². The van der Waals surface area contributed by atoms with Crippen LogP contribution in [0.1, 0.15) is 91.2 Å². The van der Waals surface area contributed by atoms with Gasteiger partial charge in [-0.3, -0.25) is 9.59 Å². The first-order valence-electron chi connectivity index (χ1n) is 13.4. The molecule has 5 aromatic rings. The maximum absolute atomic E-state index is 11.9. The summed E-state index contributed by atoms with van der Waals surface area (Å²) in [4.78, 5) is 29.1. The normalized spacial score (nSPS) is 11.4. The molecule has 0 atom stereocenters. The Hall–Kier alpha value is -2.38. The highest BCUT2D eigenvalue weighted by molar-refractivity contribution is 7.28. The molecule has 5 rings (SSSR count). The van der Waals surface area contributed by atoms with Crippen molar-refractivity contribution in [1.82, 2.24) is 0 Å². The number of hydrogen-bond donors (Lipinski definition) is 0. The van der Waals surface area contributed by atoms with Crippen molar-refractivity contribution in [2.75, 3.05) is 0 Å². The van der Waals surface area contributed by atoms with Gasteiger partial charge in [0.15, 0.2) is 12.6 Å². The van der Waals surface area contributed by atoms with Gasteiger partial charge in [-0.25, -0.2) is 0 Å². The van der Waals surface area contributed by atoms with Gasteiger partial charge in [-0.1, -0.05) is 63.3 Å². The monoisotopic (exact) mass is 576 g/mol. The van der Waals surface area contributed by atoms with Crippen LogP contribution in [0.2, 0.25) is 0 Å². The molecule has 196 valence electrons. The third-order valence-electron chi connectivity index (χ3n) is 6.91. The molecule has 0 unspecified atom stereocenters. The minimum Gasteiger partial charge on any atom is -0.298 e. The van der Waals surface area contributed by atoms with Crippen LogP contribution in [-0.4, -0.2) is 12.6 Å². The predicted molar refractivity (Wildman–Crippen MR) is 167 cm³/mol. The maximum atomic E-state index is 11.9. The molecule has 6 heteroatoms. The number of hydrogen-bond acceptors (Lipinski definition) is 6. The molecule has 0 spiro atoms. The summed E-state index contributed by atoms with van der Waals surface area (Å²) in [5.74, 6) is 0. The van der Waals surface area contributed by atoms with Crippen molar-refractivity contribution in [3.63, 3.8) is 0 Å². The van der Waals surface area contributed by atoms with Crippen molar-refractivity contribution in [3.8, 4) is 10.4 Å². The molecule has 0 aliphatic rings. The molecule has 0 aliphatic carbocycles. The Morgan fingerprint density at radius 1 is 0.684 bits per heavy atom. The van der Waals surface area contributed by atoms with Crippen molar-refractivity contribution >= 4 is 67.3 Å². The highest BCUT2D eigenvalue weighted by Gasteiger charge is 2.15. The lowest BCUT2D eigenvalue weighted by molar-refractivity contribution is 0.111. The van der Waals surface area contributed by atoms with E-state index in [1.165, 1.54) is 68.8 Å². The molecule has 2 nitrogen and oxygen atoms in total. The third-order valence-corrected chi connectivity index (χ3v) is 11.3. The van der Waals surface area contributed by atoms with Crippen molar-refractivity contribution in [2.24, 2.45) is 0 Å². The second-order valence-electron chi connectivity index (χ2n) is 9.75. The van der Waals surface area contributed by atoms with Crippen molar-refractivity contribution in [2.45, 2.75) is 64.7 Å². The number of carbonyl (C=O) groups is 2. The van der Waals surface area contributed by atoms with Crippen LogP contribution < -0.4 is 0 Å². The molecule has 0 amide bonds. The van der Waals surface area contributed by atoms with E-state index in [2.05, 4.69) is 49.4 Å². The zero-order valence-corrected chi connectivity index (χ0v) is 24.9. The first-order valence-corrected chi connectivity index (χ1v) is 16.7. The van der Waals surface area contributed by atoms with Gasteiger partial charge in [-0.15, -0.1) is 45.3 Å². The minimum atomic E-state index is 0.788. The fourth-order valence-electron chi connectivity index (χ4n) is 4.79. The van der Waals surface area contributed by atoms with Gasteiger partial charge in [0.2, 0.25) is 0 Å².